The quantitative estimate of drug-likeness (QED) is 0.675. The van der Waals surface area contributed by atoms with Gasteiger partial charge in [-0.2, -0.15) is 12.7 Å². The van der Waals surface area contributed by atoms with Crippen LogP contribution in [0.3, 0.4) is 0 Å². The number of halogens is 1. The zero-order valence-electron chi connectivity index (χ0n) is 15.3. The molecule has 1 aromatic heterocycles. The summed E-state index contributed by atoms with van der Waals surface area (Å²) in [5.41, 5.74) is -0.479. The van der Waals surface area contributed by atoms with E-state index in [9.17, 15) is 21.2 Å². The Morgan fingerprint density at radius 1 is 1.11 bits per heavy atom. The van der Waals surface area contributed by atoms with Gasteiger partial charge in [0.15, 0.2) is 0 Å². The van der Waals surface area contributed by atoms with Crippen LogP contribution in [-0.4, -0.2) is 47.8 Å². The highest BCUT2D eigenvalue weighted by Crippen LogP contribution is 2.39. The monoisotopic (exact) mass is 447 g/mol. The minimum absolute atomic E-state index is 0.0495. The molecule has 1 aliphatic heterocycles. The predicted octanol–water partition coefficient (Wildman–Crippen LogP) is 1.66. The Morgan fingerprint density at radius 3 is 2.29 bits per heavy atom. The number of nitrogens with one attached hydrogen (secondary N) is 2. The van der Waals surface area contributed by atoms with E-state index >= 15 is 0 Å². The summed E-state index contributed by atoms with van der Waals surface area (Å²) in [5, 5.41) is 1.92. The molecule has 0 saturated carbocycles. The molecule has 7 nitrogen and oxygen atoms in total. The average Bonchev–Trinajstić information content (AvgIpc) is 3.23. The van der Waals surface area contributed by atoms with Gasteiger partial charge in [0, 0.05) is 37.0 Å². The van der Waals surface area contributed by atoms with Gasteiger partial charge in [-0.1, -0.05) is 6.07 Å². The van der Waals surface area contributed by atoms with E-state index in [2.05, 4.69) is 9.44 Å². The van der Waals surface area contributed by atoms with Crippen molar-refractivity contribution in [3.05, 3.63) is 52.5 Å². The number of nitrogens with zero attached hydrogens (tertiary/aromatic N) is 1. The van der Waals surface area contributed by atoms with Gasteiger partial charge in [-0.05, 0) is 48.6 Å². The molecule has 0 unspecified atom stereocenters. The molecule has 0 atom stereocenters. The van der Waals surface area contributed by atoms with Gasteiger partial charge in [-0.25, -0.2) is 22.3 Å². The lowest BCUT2D eigenvalue weighted by atomic mass is 9.78. The Hall–Kier alpha value is -1.37. The molecule has 3 rings (SSSR count). The molecule has 1 aromatic carbocycles. The fourth-order valence-corrected chi connectivity index (χ4v) is 6.35. The van der Waals surface area contributed by atoms with E-state index in [0.29, 0.717) is 12.8 Å². The fourth-order valence-electron chi connectivity index (χ4n) is 3.31. The third-order valence-corrected chi connectivity index (χ3v) is 9.14. The zero-order chi connectivity index (χ0) is 20.4. The second-order valence-electron chi connectivity index (χ2n) is 6.64. The van der Waals surface area contributed by atoms with E-state index in [1.165, 1.54) is 34.8 Å². The minimum atomic E-state index is -3.73. The van der Waals surface area contributed by atoms with E-state index in [0.717, 1.165) is 17.0 Å². The highest BCUT2D eigenvalue weighted by Gasteiger charge is 2.41. The van der Waals surface area contributed by atoms with Crippen molar-refractivity contribution < 1.29 is 21.2 Å². The maximum atomic E-state index is 13.1. The standard InChI is InChI=1S/C17H22FN3O4S3/c1-19-28(24,25)20-13-17(16-3-2-12-26-16)8-10-21(11-9-17)27(22,23)15-6-4-14(18)5-7-15/h2-7,12,19-20H,8-11,13H2,1H3. The fraction of sp³-hybridized carbons (Fsp3) is 0.412. The first-order valence-electron chi connectivity index (χ1n) is 8.66. The summed E-state index contributed by atoms with van der Waals surface area (Å²) in [5.74, 6) is -0.494. The Labute approximate surface area is 168 Å². The summed E-state index contributed by atoms with van der Waals surface area (Å²) in [6.07, 6.45) is 0.945. The van der Waals surface area contributed by atoms with Crippen molar-refractivity contribution in [3.8, 4) is 0 Å². The third-order valence-electron chi connectivity index (χ3n) is 5.04. The largest absolute Gasteiger partial charge is 0.276 e. The molecule has 1 aliphatic rings. The second kappa shape index (κ2) is 8.17. The Bertz CT molecular complexity index is 998. The molecule has 0 aliphatic carbocycles. The molecule has 2 aromatic rings. The Balaban J connectivity index is 1.80. The number of hydrogen-bond acceptors (Lipinski definition) is 5. The third kappa shape index (κ3) is 4.44. The van der Waals surface area contributed by atoms with Crippen LogP contribution >= 0.6 is 11.3 Å². The Kier molecular flexibility index (Phi) is 6.23. The highest BCUT2D eigenvalue weighted by molar-refractivity contribution is 7.89. The molecule has 1 saturated heterocycles. The van der Waals surface area contributed by atoms with E-state index < -0.39 is 31.5 Å². The summed E-state index contributed by atoms with van der Waals surface area (Å²) in [6, 6.07) is 8.61. The molecule has 0 bridgehead atoms. The van der Waals surface area contributed by atoms with Crippen molar-refractivity contribution in [1.29, 1.82) is 0 Å². The molecular weight excluding hydrogens is 425 g/mol. The van der Waals surface area contributed by atoms with Crippen LogP contribution in [0.25, 0.3) is 0 Å². The van der Waals surface area contributed by atoms with Crippen molar-refractivity contribution in [2.75, 3.05) is 26.7 Å². The van der Waals surface area contributed by atoms with Crippen LogP contribution in [0, 0.1) is 5.82 Å². The smallest absolute Gasteiger partial charge is 0.207 e. The van der Waals surface area contributed by atoms with Crippen LogP contribution in [0.1, 0.15) is 17.7 Å². The summed E-state index contributed by atoms with van der Waals surface area (Å²) in [6.45, 7) is 0.679. The van der Waals surface area contributed by atoms with Crippen LogP contribution in [0.2, 0.25) is 0 Å². The van der Waals surface area contributed by atoms with Gasteiger partial charge in [0.2, 0.25) is 10.0 Å². The average molecular weight is 448 g/mol. The van der Waals surface area contributed by atoms with E-state index in [4.69, 9.17) is 0 Å². The highest BCUT2D eigenvalue weighted by atomic mass is 32.2. The lowest BCUT2D eigenvalue weighted by molar-refractivity contribution is 0.236. The molecule has 11 heteroatoms. The first-order chi connectivity index (χ1) is 13.2. The molecule has 0 radical (unpaired) electrons. The topological polar surface area (TPSA) is 95.6 Å². The number of thiophene rings is 1. The summed E-state index contributed by atoms with van der Waals surface area (Å²) in [7, 11) is -6.00. The van der Waals surface area contributed by atoms with Crippen molar-refractivity contribution in [2.45, 2.75) is 23.2 Å². The first-order valence-corrected chi connectivity index (χ1v) is 12.5. The number of benzene rings is 1. The van der Waals surface area contributed by atoms with Gasteiger partial charge in [0.1, 0.15) is 5.82 Å². The molecule has 1 fully saturated rings. The molecule has 0 amide bonds. The van der Waals surface area contributed by atoms with Crippen LogP contribution in [0.15, 0.2) is 46.7 Å². The zero-order valence-corrected chi connectivity index (χ0v) is 17.7. The van der Waals surface area contributed by atoms with Gasteiger partial charge < -0.3 is 0 Å². The van der Waals surface area contributed by atoms with Gasteiger partial charge in [-0.3, -0.25) is 0 Å². The first kappa shape index (κ1) is 21.3. The molecular formula is C17H22FN3O4S3. The normalized spacial score (nSPS) is 18.2. The number of piperidine rings is 1. The SMILES string of the molecule is CNS(=O)(=O)NCC1(c2cccs2)CCN(S(=O)(=O)c2ccc(F)cc2)CC1. The second-order valence-corrected chi connectivity index (χ2v) is 11.2. The predicted molar refractivity (Wildman–Crippen MR) is 106 cm³/mol. The number of hydrogen-bond donors (Lipinski definition) is 2. The molecule has 2 heterocycles. The number of rotatable bonds is 7. The van der Waals surface area contributed by atoms with Crippen molar-refractivity contribution in [2.24, 2.45) is 0 Å². The van der Waals surface area contributed by atoms with Crippen molar-refractivity contribution >= 4 is 31.6 Å². The lowest BCUT2D eigenvalue weighted by Crippen LogP contribution is -2.51. The van der Waals surface area contributed by atoms with Crippen LogP contribution in [0.4, 0.5) is 4.39 Å². The molecule has 2 N–H and O–H groups in total. The van der Waals surface area contributed by atoms with E-state index in [-0.39, 0.29) is 24.5 Å². The summed E-state index contributed by atoms with van der Waals surface area (Å²) >= 11 is 1.53. The van der Waals surface area contributed by atoms with Gasteiger partial charge >= 0.3 is 0 Å². The lowest BCUT2D eigenvalue weighted by Gasteiger charge is -2.40. The van der Waals surface area contributed by atoms with Crippen molar-refractivity contribution in [3.63, 3.8) is 0 Å². The maximum absolute atomic E-state index is 13.1. The number of sulfonamides is 1. The maximum Gasteiger partial charge on any atom is 0.276 e. The van der Waals surface area contributed by atoms with Crippen LogP contribution in [-0.2, 0) is 25.6 Å². The van der Waals surface area contributed by atoms with Gasteiger partial charge in [0.05, 0.1) is 4.90 Å². The van der Waals surface area contributed by atoms with Crippen molar-refractivity contribution in [1.82, 2.24) is 13.7 Å². The molecule has 28 heavy (non-hydrogen) atoms. The summed E-state index contributed by atoms with van der Waals surface area (Å²) in [4.78, 5) is 1.07. The van der Waals surface area contributed by atoms with Crippen LogP contribution in [0.5, 0.6) is 0 Å². The minimum Gasteiger partial charge on any atom is -0.207 e. The molecule has 154 valence electrons. The molecule has 0 spiro atoms. The summed E-state index contributed by atoms with van der Waals surface area (Å²) < 4.78 is 68.6. The van der Waals surface area contributed by atoms with Gasteiger partial charge in [0.25, 0.3) is 10.2 Å². The van der Waals surface area contributed by atoms with Gasteiger partial charge in [-0.15, -0.1) is 11.3 Å². The van der Waals surface area contributed by atoms with E-state index in [1.807, 2.05) is 17.5 Å². The Morgan fingerprint density at radius 2 is 1.75 bits per heavy atom. The van der Waals surface area contributed by atoms with E-state index in [1.54, 1.807) is 0 Å². The van der Waals surface area contributed by atoms with Crippen LogP contribution < -0.4 is 9.44 Å².